The fourth-order valence-corrected chi connectivity index (χ4v) is 1.45. The number of nitrogens with zero attached hydrogens (tertiary/aromatic N) is 1. The third kappa shape index (κ3) is 3.74. The standard InChI is InChI=1S/C13H16N2O/c1-11-7-3-4-8-12(11)13(16)15-10-6-2-5-9-14/h3-4,7-8H,2,5-6,10H2,1H3,(H,15,16). The Morgan fingerprint density at radius 2 is 2.12 bits per heavy atom. The number of amides is 1. The van der Waals surface area contributed by atoms with Crippen LogP contribution in [-0.2, 0) is 0 Å². The lowest BCUT2D eigenvalue weighted by atomic mass is 10.1. The van der Waals surface area contributed by atoms with Gasteiger partial charge in [-0.15, -0.1) is 0 Å². The van der Waals surface area contributed by atoms with Crippen LogP contribution in [0.2, 0.25) is 0 Å². The van der Waals surface area contributed by atoms with Crippen molar-refractivity contribution in [2.24, 2.45) is 0 Å². The van der Waals surface area contributed by atoms with Crippen molar-refractivity contribution in [3.8, 4) is 6.07 Å². The number of hydrogen-bond donors (Lipinski definition) is 1. The molecule has 0 spiro atoms. The van der Waals surface area contributed by atoms with Gasteiger partial charge in [-0.25, -0.2) is 0 Å². The molecule has 0 aliphatic carbocycles. The maximum atomic E-state index is 11.7. The Balaban J connectivity index is 2.36. The topological polar surface area (TPSA) is 52.9 Å². The number of hydrogen-bond acceptors (Lipinski definition) is 2. The highest BCUT2D eigenvalue weighted by Gasteiger charge is 2.06. The molecule has 1 aromatic carbocycles. The van der Waals surface area contributed by atoms with Crippen molar-refractivity contribution in [1.82, 2.24) is 5.32 Å². The van der Waals surface area contributed by atoms with Gasteiger partial charge in [0.15, 0.2) is 0 Å². The normalized spacial score (nSPS) is 9.50. The molecule has 0 heterocycles. The van der Waals surface area contributed by atoms with Gasteiger partial charge >= 0.3 is 0 Å². The summed E-state index contributed by atoms with van der Waals surface area (Å²) >= 11 is 0. The molecule has 1 amide bonds. The second-order valence-electron chi connectivity index (χ2n) is 3.69. The minimum Gasteiger partial charge on any atom is -0.352 e. The third-order valence-electron chi connectivity index (χ3n) is 2.39. The van der Waals surface area contributed by atoms with Crippen molar-refractivity contribution >= 4 is 5.91 Å². The average Bonchev–Trinajstić information content (AvgIpc) is 2.29. The van der Waals surface area contributed by atoms with Gasteiger partial charge in [-0.1, -0.05) is 18.2 Å². The Kier molecular flexibility index (Phi) is 5.07. The van der Waals surface area contributed by atoms with Gasteiger partial charge in [0.2, 0.25) is 0 Å². The second kappa shape index (κ2) is 6.62. The van der Waals surface area contributed by atoms with Gasteiger partial charge in [-0.05, 0) is 31.4 Å². The first-order chi connectivity index (χ1) is 7.75. The summed E-state index contributed by atoms with van der Waals surface area (Å²) in [5.74, 6) is -0.0324. The Bertz CT molecular complexity index is 393. The first kappa shape index (κ1) is 12.3. The summed E-state index contributed by atoms with van der Waals surface area (Å²) < 4.78 is 0. The summed E-state index contributed by atoms with van der Waals surface area (Å²) in [5, 5.41) is 11.2. The zero-order chi connectivity index (χ0) is 11.8. The Labute approximate surface area is 96.1 Å². The van der Waals surface area contributed by atoms with Crippen LogP contribution in [-0.4, -0.2) is 12.5 Å². The van der Waals surface area contributed by atoms with E-state index in [1.54, 1.807) is 0 Å². The monoisotopic (exact) mass is 216 g/mol. The molecule has 0 saturated carbocycles. The Hall–Kier alpha value is -1.82. The number of carbonyl (C=O) groups excluding carboxylic acids is 1. The van der Waals surface area contributed by atoms with Gasteiger partial charge in [-0.2, -0.15) is 5.26 Å². The highest BCUT2D eigenvalue weighted by molar-refractivity contribution is 5.95. The molecule has 0 aliphatic rings. The molecule has 0 aliphatic heterocycles. The van der Waals surface area contributed by atoms with Crippen molar-refractivity contribution in [2.75, 3.05) is 6.54 Å². The quantitative estimate of drug-likeness (QED) is 0.768. The van der Waals surface area contributed by atoms with Crippen molar-refractivity contribution in [3.63, 3.8) is 0 Å². The number of unbranched alkanes of at least 4 members (excludes halogenated alkanes) is 2. The van der Waals surface area contributed by atoms with Crippen LogP contribution in [0.25, 0.3) is 0 Å². The number of rotatable bonds is 5. The van der Waals surface area contributed by atoms with Crippen LogP contribution in [0.4, 0.5) is 0 Å². The van der Waals surface area contributed by atoms with Crippen LogP contribution in [0.15, 0.2) is 24.3 Å². The van der Waals surface area contributed by atoms with E-state index < -0.39 is 0 Å². The van der Waals surface area contributed by atoms with Crippen LogP contribution in [0.1, 0.15) is 35.2 Å². The minimum atomic E-state index is -0.0324. The van der Waals surface area contributed by atoms with E-state index in [0.717, 1.165) is 24.0 Å². The predicted molar refractivity (Wildman–Crippen MR) is 63.0 cm³/mol. The van der Waals surface area contributed by atoms with Crippen LogP contribution in [0.3, 0.4) is 0 Å². The fraction of sp³-hybridized carbons (Fsp3) is 0.385. The molecule has 0 unspecified atom stereocenters. The van der Waals surface area contributed by atoms with E-state index in [0.29, 0.717) is 13.0 Å². The number of nitriles is 1. The lowest BCUT2D eigenvalue weighted by Gasteiger charge is -2.06. The predicted octanol–water partition coefficient (Wildman–Crippen LogP) is 2.42. The van der Waals surface area contributed by atoms with E-state index in [4.69, 9.17) is 5.26 Å². The molecule has 0 aromatic heterocycles. The molecule has 0 saturated heterocycles. The van der Waals surface area contributed by atoms with Crippen molar-refractivity contribution in [1.29, 1.82) is 5.26 Å². The van der Waals surface area contributed by atoms with Gasteiger partial charge in [0.25, 0.3) is 5.91 Å². The first-order valence-corrected chi connectivity index (χ1v) is 5.46. The summed E-state index contributed by atoms with van der Waals surface area (Å²) in [4.78, 5) is 11.7. The number of nitrogens with one attached hydrogen (secondary N) is 1. The number of carbonyl (C=O) groups is 1. The molecule has 0 fully saturated rings. The highest BCUT2D eigenvalue weighted by Crippen LogP contribution is 2.06. The average molecular weight is 216 g/mol. The largest absolute Gasteiger partial charge is 0.352 e. The van der Waals surface area contributed by atoms with Crippen molar-refractivity contribution < 1.29 is 4.79 Å². The van der Waals surface area contributed by atoms with Crippen LogP contribution >= 0.6 is 0 Å². The SMILES string of the molecule is Cc1ccccc1C(=O)NCCCCC#N. The summed E-state index contributed by atoms with van der Waals surface area (Å²) in [5.41, 5.74) is 1.71. The van der Waals surface area contributed by atoms with Gasteiger partial charge in [0.05, 0.1) is 6.07 Å². The molecule has 16 heavy (non-hydrogen) atoms. The minimum absolute atomic E-state index is 0.0324. The lowest BCUT2D eigenvalue weighted by molar-refractivity contribution is 0.0952. The number of benzene rings is 1. The van der Waals surface area contributed by atoms with Gasteiger partial charge < -0.3 is 5.32 Å². The highest BCUT2D eigenvalue weighted by atomic mass is 16.1. The molecule has 3 nitrogen and oxygen atoms in total. The molecule has 1 N–H and O–H groups in total. The zero-order valence-corrected chi connectivity index (χ0v) is 9.49. The Morgan fingerprint density at radius 3 is 2.81 bits per heavy atom. The molecule has 1 rings (SSSR count). The maximum absolute atomic E-state index is 11.7. The third-order valence-corrected chi connectivity index (χ3v) is 2.39. The first-order valence-electron chi connectivity index (χ1n) is 5.46. The zero-order valence-electron chi connectivity index (χ0n) is 9.49. The molecule has 3 heteroatoms. The summed E-state index contributed by atoms with van der Waals surface area (Å²) in [6, 6.07) is 9.60. The van der Waals surface area contributed by atoms with Crippen LogP contribution in [0, 0.1) is 18.3 Å². The molecule has 0 radical (unpaired) electrons. The van der Waals surface area contributed by atoms with Crippen molar-refractivity contribution in [2.45, 2.75) is 26.2 Å². The van der Waals surface area contributed by atoms with Crippen LogP contribution < -0.4 is 5.32 Å². The Morgan fingerprint density at radius 1 is 1.38 bits per heavy atom. The van der Waals surface area contributed by atoms with E-state index >= 15 is 0 Å². The molecule has 84 valence electrons. The summed E-state index contributed by atoms with van der Waals surface area (Å²) in [6.07, 6.45) is 2.25. The van der Waals surface area contributed by atoms with E-state index in [1.807, 2.05) is 31.2 Å². The fourth-order valence-electron chi connectivity index (χ4n) is 1.45. The molecule has 1 aromatic rings. The molecular weight excluding hydrogens is 200 g/mol. The summed E-state index contributed by atoms with van der Waals surface area (Å²) in [6.45, 7) is 2.56. The van der Waals surface area contributed by atoms with Crippen molar-refractivity contribution in [3.05, 3.63) is 35.4 Å². The van der Waals surface area contributed by atoms with E-state index in [9.17, 15) is 4.79 Å². The molecule has 0 atom stereocenters. The van der Waals surface area contributed by atoms with E-state index in [2.05, 4.69) is 11.4 Å². The summed E-state index contributed by atoms with van der Waals surface area (Å²) in [7, 11) is 0. The second-order valence-corrected chi connectivity index (χ2v) is 3.69. The van der Waals surface area contributed by atoms with Gasteiger partial charge in [0, 0.05) is 18.5 Å². The van der Waals surface area contributed by atoms with Gasteiger partial charge in [-0.3, -0.25) is 4.79 Å². The smallest absolute Gasteiger partial charge is 0.251 e. The molecule has 0 bridgehead atoms. The number of aryl methyl sites for hydroxylation is 1. The van der Waals surface area contributed by atoms with Gasteiger partial charge in [0.1, 0.15) is 0 Å². The van der Waals surface area contributed by atoms with E-state index in [-0.39, 0.29) is 5.91 Å². The lowest BCUT2D eigenvalue weighted by Crippen LogP contribution is -2.25. The van der Waals surface area contributed by atoms with Crippen LogP contribution in [0.5, 0.6) is 0 Å². The maximum Gasteiger partial charge on any atom is 0.251 e. The van der Waals surface area contributed by atoms with E-state index in [1.165, 1.54) is 0 Å². The molecular formula is C13H16N2O.